The number of para-hydroxylation sites is 2. The van der Waals surface area contributed by atoms with Crippen LogP contribution in [-0.2, 0) is 10.5 Å². The monoisotopic (exact) mass is 520 g/mol. The number of fused-ring (bicyclic) bond motifs is 1. The number of thioether (sulfide) groups is 1. The molecule has 0 atom stereocenters. The van der Waals surface area contributed by atoms with Gasteiger partial charge in [0.15, 0.2) is 4.34 Å². The molecule has 0 saturated carbocycles. The lowest BCUT2D eigenvalue weighted by Gasteiger charge is -2.26. The predicted molar refractivity (Wildman–Crippen MR) is 147 cm³/mol. The fourth-order valence-corrected chi connectivity index (χ4v) is 5.86. The first kappa shape index (κ1) is 24.6. The quantitative estimate of drug-likeness (QED) is 0.233. The maximum absolute atomic E-state index is 12.5. The van der Waals surface area contributed by atoms with Crippen molar-refractivity contribution in [2.45, 2.75) is 10.1 Å². The normalized spacial score (nSPS) is 14.1. The smallest absolute Gasteiger partial charge is 0.255 e. The molecule has 0 unspecified atom stereocenters. The van der Waals surface area contributed by atoms with Crippen LogP contribution in [0.15, 0.2) is 71.1 Å². The van der Waals surface area contributed by atoms with E-state index in [1.54, 1.807) is 35.2 Å². The molecule has 9 heteroatoms. The van der Waals surface area contributed by atoms with E-state index >= 15 is 0 Å². The molecule has 36 heavy (non-hydrogen) atoms. The Kier molecular flexibility index (Phi) is 8.02. The molecule has 1 amide bonds. The number of benzene rings is 3. The third-order valence-electron chi connectivity index (χ3n) is 5.91. The van der Waals surface area contributed by atoms with Crippen LogP contribution in [0.2, 0.25) is 0 Å². The number of aromatic nitrogens is 1. The van der Waals surface area contributed by atoms with Crippen LogP contribution in [-0.4, -0.2) is 55.2 Å². The molecule has 1 aliphatic rings. The van der Waals surface area contributed by atoms with E-state index in [4.69, 9.17) is 20.2 Å². The minimum Gasteiger partial charge on any atom is -0.492 e. The average Bonchev–Trinajstić information content (AvgIpc) is 3.32. The SMILES string of the molecule is Nc1ccccc1NC(=O)c1ccc(CSc2nc3cc(OCCN4CCOCC4)ccc3s2)cc1. The third kappa shape index (κ3) is 6.36. The topological polar surface area (TPSA) is 89.7 Å². The Morgan fingerprint density at radius 3 is 2.72 bits per heavy atom. The molecule has 0 aliphatic carbocycles. The van der Waals surface area contributed by atoms with Crippen molar-refractivity contribution in [2.75, 3.05) is 50.5 Å². The molecule has 1 aromatic heterocycles. The summed E-state index contributed by atoms with van der Waals surface area (Å²) in [6.07, 6.45) is 0. The van der Waals surface area contributed by atoms with Crippen LogP contribution in [0.3, 0.4) is 0 Å². The van der Waals surface area contributed by atoms with E-state index in [-0.39, 0.29) is 5.91 Å². The Balaban J connectivity index is 1.13. The lowest BCUT2D eigenvalue weighted by molar-refractivity contribution is 0.0322. The zero-order valence-electron chi connectivity index (χ0n) is 19.8. The summed E-state index contributed by atoms with van der Waals surface area (Å²) in [7, 11) is 0. The molecule has 3 aromatic carbocycles. The van der Waals surface area contributed by atoms with Gasteiger partial charge in [-0.1, -0.05) is 36.0 Å². The number of thiazole rings is 1. The molecule has 2 heterocycles. The minimum absolute atomic E-state index is 0.179. The standard InChI is InChI=1S/C27H28N4O3S2/c28-22-3-1-2-4-23(22)29-26(32)20-7-5-19(6-8-20)18-35-27-30-24-17-21(9-10-25(24)36-27)34-16-13-31-11-14-33-15-12-31/h1-10,17H,11-16,18,28H2,(H,29,32). The number of nitrogen functional groups attached to an aromatic ring is 1. The first-order valence-corrected chi connectivity index (χ1v) is 13.7. The lowest BCUT2D eigenvalue weighted by Crippen LogP contribution is -2.38. The highest BCUT2D eigenvalue weighted by Gasteiger charge is 2.11. The summed E-state index contributed by atoms with van der Waals surface area (Å²) < 4.78 is 13.5. The molecule has 1 aliphatic heterocycles. The van der Waals surface area contributed by atoms with Crippen molar-refractivity contribution in [1.29, 1.82) is 0 Å². The number of nitrogens with one attached hydrogen (secondary N) is 1. The second-order valence-corrected chi connectivity index (χ2v) is 10.7. The van der Waals surface area contributed by atoms with E-state index in [1.807, 2.05) is 48.5 Å². The number of ether oxygens (including phenoxy) is 2. The largest absolute Gasteiger partial charge is 0.492 e. The zero-order chi connectivity index (χ0) is 24.7. The number of hydrogen-bond acceptors (Lipinski definition) is 8. The summed E-state index contributed by atoms with van der Waals surface area (Å²) in [5.41, 5.74) is 9.75. The maximum Gasteiger partial charge on any atom is 0.255 e. The van der Waals surface area contributed by atoms with Crippen molar-refractivity contribution in [3.63, 3.8) is 0 Å². The average molecular weight is 521 g/mol. The van der Waals surface area contributed by atoms with Gasteiger partial charge in [-0.3, -0.25) is 9.69 Å². The number of morpholine rings is 1. The van der Waals surface area contributed by atoms with E-state index in [0.29, 0.717) is 23.5 Å². The zero-order valence-corrected chi connectivity index (χ0v) is 21.4. The van der Waals surface area contributed by atoms with Crippen LogP contribution in [0.5, 0.6) is 5.75 Å². The summed E-state index contributed by atoms with van der Waals surface area (Å²) >= 11 is 3.37. The van der Waals surface area contributed by atoms with Gasteiger partial charge < -0.3 is 20.5 Å². The number of rotatable bonds is 9. The fourth-order valence-electron chi connectivity index (χ4n) is 3.86. The van der Waals surface area contributed by atoms with Crippen LogP contribution in [0, 0.1) is 0 Å². The van der Waals surface area contributed by atoms with Gasteiger partial charge in [-0.25, -0.2) is 4.98 Å². The first-order chi connectivity index (χ1) is 17.6. The summed E-state index contributed by atoms with van der Waals surface area (Å²) in [4.78, 5) is 19.7. The number of nitrogens with zero attached hydrogens (tertiary/aromatic N) is 2. The molecule has 0 spiro atoms. The van der Waals surface area contributed by atoms with E-state index in [0.717, 1.165) is 64.5 Å². The van der Waals surface area contributed by atoms with Gasteiger partial charge in [0.05, 0.1) is 34.8 Å². The van der Waals surface area contributed by atoms with Gasteiger partial charge >= 0.3 is 0 Å². The van der Waals surface area contributed by atoms with E-state index in [2.05, 4.69) is 16.3 Å². The Labute approximate surface area is 218 Å². The van der Waals surface area contributed by atoms with E-state index in [9.17, 15) is 4.79 Å². The molecule has 7 nitrogen and oxygen atoms in total. The van der Waals surface area contributed by atoms with Gasteiger partial charge in [-0.15, -0.1) is 11.3 Å². The van der Waals surface area contributed by atoms with Crippen molar-refractivity contribution in [2.24, 2.45) is 0 Å². The molecule has 0 bridgehead atoms. The van der Waals surface area contributed by atoms with Gasteiger partial charge in [-0.2, -0.15) is 0 Å². The summed E-state index contributed by atoms with van der Waals surface area (Å²) in [6.45, 7) is 5.09. The number of carbonyl (C=O) groups excluding carboxylic acids is 1. The first-order valence-electron chi connectivity index (χ1n) is 11.9. The highest BCUT2D eigenvalue weighted by atomic mass is 32.2. The van der Waals surface area contributed by atoms with Crippen LogP contribution in [0.4, 0.5) is 11.4 Å². The highest BCUT2D eigenvalue weighted by Crippen LogP contribution is 2.33. The second-order valence-electron chi connectivity index (χ2n) is 8.44. The molecule has 1 fully saturated rings. The number of carbonyl (C=O) groups is 1. The van der Waals surface area contributed by atoms with Gasteiger partial charge in [0.25, 0.3) is 5.91 Å². The van der Waals surface area contributed by atoms with E-state index in [1.165, 1.54) is 0 Å². The molecule has 186 valence electrons. The number of nitrogens with two attached hydrogens (primary N) is 1. The van der Waals surface area contributed by atoms with Crippen molar-refractivity contribution < 1.29 is 14.3 Å². The maximum atomic E-state index is 12.5. The Hall–Kier alpha value is -3.11. The highest BCUT2D eigenvalue weighted by molar-refractivity contribution is 8.00. The third-order valence-corrected chi connectivity index (χ3v) is 8.16. The molecular formula is C27H28N4O3S2. The minimum atomic E-state index is -0.179. The van der Waals surface area contributed by atoms with Crippen LogP contribution in [0.1, 0.15) is 15.9 Å². The molecule has 4 aromatic rings. The van der Waals surface area contributed by atoms with Gasteiger partial charge in [-0.05, 0) is 42.0 Å². The predicted octanol–water partition coefficient (Wildman–Crippen LogP) is 5.13. The van der Waals surface area contributed by atoms with E-state index < -0.39 is 0 Å². The van der Waals surface area contributed by atoms with Gasteiger partial charge in [0.1, 0.15) is 12.4 Å². The molecule has 5 rings (SSSR count). The van der Waals surface area contributed by atoms with Crippen molar-refractivity contribution in [1.82, 2.24) is 9.88 Å². The Morgan fingerprint density at radius 2 is 1.92 bits per heavy atom. The van der Waals surface area contributed by atoms with Gasteiger partial charge in [0.2, 0.25) is 0 Å². The van der Waals surface area contributed by atoms with Crippen molar-refractivity contribution >= 4 is 50.6 Å². The molecule has 0 radical (unpaired) electrons. The molecular weight excluding hydrogens is 492 g/mol. The number of amides is 1. The van der Waals surface area contributed by atoms with Gasteiger partial charge in [0, 0.05) is 37.0 Å². The Morgan fingerprint density at radius 1 is 1.11 bits per heavy atom. The second kappa shape index (κ2) is 11.7. The lowest BCUT2D eigenvalue weighted by atomic mass is 10.1. The summed E-state index contributed by atoms with van der Waals surface area (Å²) in [6, 6.07) is 21.0. The van der Waals surface area contributed by atoms with Crippen LogP contribution >= 0.6 is 23.1 Å². The van der Waals surface area contributed by atoms with Crippen LogP contribution in [0.25, 0.3) is 10.2 Å². The van der Waals surface area contributed by atoms with Crippen LogP contribution < -0.4 is 15.8 Å². The summed E-state index contributed by atoms with van der Waals surface area (Å²) in [5, 5.41) is 2.86. The number of hydrogen-bond donors (Lipinski definition) is 2. The fraction of sp³-hybridized carbons (Fsp3) is 0.259. The Bertz CT molecular complexity index is 1320. The number of anilines is 2. The summed E-state index contributed by atoms with van der Waals surface area (Å²) in [5.74, 6) is 1.45. The molecule has 3 N–H and O–H groups in total. The van der Waals surface area contributed by atoms with Crippen molar-refractivity contribution in [3.05, 3.63) is 77.9 Å². The van der Waals surface area contributed by atoms with Crippen molar-refractivity contribution in [3.8, 4) is 5.75 Å². The molecule has 1 saturated heterocycles.